The molecule has 4 aromatic rings. The first-order valence-corrected chi connectivity index (χ1v) is 18.9. The first kappa shape index (κ1) is 37.1. The molecule has 0 fully saturated rings. The summed E-state index contributed by atoms with van der Waals surface area (Å²) >= 11 is 0. The van der Waals surface area contributed by atoms with E-state index in [2.05, 4.69) is 10.0 Å². The van der Waals surface area contributed by atoms with E-state index < -0.39 is 55.5 Å². The fourth-order valence-corrected chi connectivity index (χ4v) is 6.98. The van der Waals surface area contributed by atoms with Crippen LogP contribution in [0.15, 0.2) is 109 Å². The normalized spacial score (nSPS) is 14.6. The quantitative estimate of drug-likeness (QED) is 0.132. The van der Waals surface area contributed by atoms with E-state index in [0.717, 1.165) is 5.56 Å². The van der Waals surface area contributed by atoms with E-state index >= 15 is 0 Å². The van der Waals surface area contributed by atoms with Crippen molar-refractivity contribution in [1.29, 1.82) is 0 Å². The molecule has 1 amide bonds. The number of anilines is 1. The summed E-state index contributed by atoms with van der Waals surface area (Å²) in [6.07, 6.45) is -1.73. The van der Waals surface area contributed by atoms with Crippen LogP contribution in [0, 0.1) is 0 Å². The van der Waals surface area contributed by atoms with Gasteiger partial charge in [-0.25, -0.2) is 21.6 Å². The van der Waals surface area contributed by atoms with E-state index in [1.54, 1.807) is 91.0 Å². The topological polar surface area (TPSA) is 182 Å². The van der Waals surface area contributed by atoms with Gasteiger partial charge >= 0.3 is 11.9 Å². The Morgan fingerprint density at radius 2 is 1.37 bits per heavy atom. The number of rotatable bonds is 13. The zero-order valence-corrected chi connectivity index (χ0v) is 28.3. The Morgan fingerprint density at radius 3 is 1.92 bits per heavy atom. The first-order valence-electron chi connectivity index (χ1n) is 14.8. The molecule has 0 aromatic heterocycles. The van der Waals surface area contributed by atoms with Gasteiger partial charge in [-0.2, -0.15) is 0 Å². The minimum Gasteiger partial charge on any atom is -0.481 e. The molecule has 5 rings (SSSR count). The molecule has 0 radical (unpaired) electrons. The number of halogens is 1. The number of amides is 1. The number of esters is 1. The Bertz CT molecular complexity index is 1960. The molecule has 258 valence electrons. The zero-order chi connectivity index (χ0) is 35.4. The fraction of sp³-hybridized carbons (Fsp3) is 0.206. The SMILES string of the molecule is O=C(O)CC1Oc2ccc(C[C@H](NS(=O)(=O)Cc3ccccc3)C(=O)OCc3ccccc3)cc2NC1=O.O=S(=O)(Cl)Cc1ccccc1. The van der Waals surface area contributed by atoms with Crippen LogP contribution in [0.25, 0.3) is 0 Å². The lowest BCUT2D eigenvalue weighted by atomic mass is 10.0. The molecule has 3 N–H and O–H groups in total. The van der Waals surface area contributed by atoms with Crippen molar-refractivity contribution in [2.45, 2.75) is 43.1 Å². The largest absolute Gasteiger partial charge is 0.481 e. The van der Waals surface area contributed by atoms with Gasteiger partial charge in [-0.15, -0.1) is 0 Å². The number of carboxylic acids is 1. The molecule has 1 unspecified atom stereocenters. The summed E-state index contributed by atoms with van der Waals surface area (Å²) in [6.45, 7) is -0.0321. The van der Waals surface area contributed by atoms with Crippen molar-refractivity contribution in [2.75, 3.05) is 5.32 Å². The lowest BCUT2D eigenvalue weighted by Crippen LogP contribution is -2.43. The van der Waals surface area contributed by atoms with E-state index in [-0.39, 0.29) is 36.0 Å². The van der Waals surface area contributed by atoms with E-state index in [1.165, 1.54) is 6.07 Å². The average molecular weight is 729 g/mol. The number of carboxylic acid groups (broad SMARTS) is 1. The lowest BCUT2D eigenvalue weighted by molar-refractivity contribution is -0.147. The summed E-state index contributed by atoms with van der Waals surface area (Å²) in [5.74, 6) is -2.70. The van der Waals surface area contributed by atoms with Gasteiger partial charge in [0.1, 0.15) is 18.4 Å². The smallest absolute Gasteiger partial charge is 0.324 e. The van der Waals surface area contributed by atoms with Gasteiger partial charge in [0.15, 0.2) is 6.10 Å². The molecule has 2 atom stereocenters. The van der Waals surface area contributed by atoms with Crippen molar-refractivity contribution >= 4 is 53.3 Å². The number of hydrogen-bond donors (Lipinski definition) is 3. The van der Waals surface area contributed by atoms with Crippen LogP contribution in [0.1, 0.15) is 28.7 Å². The third-order valence-corrected chi connectivity index (χ3v) is 9.24. The van der Waals surface area contributed by atoms with Crippen LogP contribution < -0.4 is 14.8 Å². The summed E-state index contributed by atoms with van der Waals surface area (Å²) in [5.41, 5.74) is 2.82. The predicted octanol–water partition coefficient (Wildman–Crippen LogP) is 4.39. The number of aliphatic carboxylic acids is 1. The standard InChI is InChI=1S/C27H26N2O8S.C7H7ClO2S/c30-25(31)15-24-26(32)28-21-13-20(11-12-23(21)37-24)14-22(27(33)36-16-18-7-3-1-4-8-18)29-38(34,35)17-19-9-5-2-6-10-19;8-11(9,10)6-7-4-2-1-3-5-7/h1-13,22,24,29H,14-17H2,(H,28,32)(H,30,31);1-5H,6H2/t22-,24?;/m0./s1. The molecule has 15 heteroatoms. The summed E-state index contributed by atoms with van der Waals surface area (Å²) in [4.78, 5) is 36.3. The number of sulfonamides is 1. The fourth-order valence-electron chi connectivity index (χ4n) is 4.68. The van der Waals surface area contributed by atoms with Crippen LogP contribution in [-0.4, -0.2) is 51.9 Å². The molecule has 0 saturated carbocycles. The molecule has 1 aliphatic heterocycles. The molecular formula is C34H33ClN2O10S2. The number of nitrogens with one attached hydrogen (secondary N) is 2. The van der Waals surface area contributed by atoms with Gasteiger partial charge in [0.2, 0.25) is 19.1 Å². The summed E-state index contributed by atoms with van der Waals surface area (Å²) in [5, 5.41) is 11.6. The van der Waals surface area contributed by atoms with Gasteiger partial charge in [0.05, 0.1) is 23.6 Å². The number of fused-ring (bicyclic) bond motifs is 1. The maximum atomic E-state index is 13.0. The second kappa shape index (κ2) is 17.1. The number of carbonyl (C=O) groups is 3. The Kier molecular flexibility index (Phi) is 12.9. The van der Waals surface area contributed by atoms with Gasteiger partial charge in [-0.05, 0) is 40.8 Å². The van der Waals surface area contributed by atoms with Crippen LogP contribution in [0.5, 0.6) is 5.75 Å². The highest BCUT2D eigenvalue weighted by Crippen LogP contribution is 2.32. The molecule has 0 saturated heterocycles. The molecule has 12 nitrogen and oxygen atoms in total. The molecule has 0 aliphatic carbocycles. The van der Waals surface area contributed by atoms with E-state index in [1.807, 2.05) is 12.1 Å². The minimum absolute atomic E-state index is 0.0321. The molecular weight excluding hydrogens is 696 g/mol. The lowest BCUT2D eigenvalue weighted by Gasteiger charge is -2.25. The van der Waals surface area contributed by atoms with Crippen molar-refractivity contribution in [3.63, 3.8) is 0 Å². The monoisotopic (exact) mass is 728 g/mol. The van der Waals surface area contributed by atoms with Gasteiger partial charge in [-0.1, -0.05) is 97.1 Å². The highest BCUT2D eigenvalue weighted by molar-refractivity contribution is 8.13. The number of carbonyl (C=O) groups excluding carboxylic acids is 2. The van der Waals surface area contributed by atoms with Crippen LogP contribution >= 0.6 is 10.7 Å². The number of benzene rings is 4. The molecule has 0 bridgehead atoms. The van der Waals surface area contributed by atoms with Crippen LogP contribution in [0.4, 0.5) is 5.69 Å². The third-order valence-electron chi connectivity index (χ3n) is 6.88. The maximum absolute atomic E-state index is 13.0. The van der Waals surface area contributed by atoms with Crippen molar-refractivity contribution < 1.29 is 45.8 Å². The zero-order valence-electron chi connectivity index (χ0n) is 25.9. The van der Waals surface area contributed by atoms with Crippen molar-refractivity contribution in [1.82, 2.24) is 4.72 Å². The van der Waals surface area contributed by atoms with Crippen molar-refractivity contribution in [3.05, 3.63) is 131 Å². The third kappa shape index (κ3) is 12.7. The molecule has 1 heterocycles. The van der Waals surface area contributed by atoms with Gasteiger partial charge in [-0.3, -0.25) is 14.4 Å². The van der Waals surface area contributed by atoms with Gasteiger partial charge in [0.25, 0.3) is 5.91 Å². The van der Waals surface area contributed by atoms with Crippen LogP contribution in [-0.2, 0) is 62.7 Å². The minimum atomic E-state index is -3.93. The summed E-state index contributed by atoms with van der Waals surface area (Å²) < 4.78 is 60.4. The maximum Gasteiger partial charge on any atom is 0.324 e. The average Bonchev–Trinajstić information content (AvgIpc) is 3.04. The first-order chi connectivity index (χ1) is 23.3. The Labute approximate surface area is 288 Å². The van der Waals surface area contributed by atoms with Gasteiger partial charge in [0, 0.05) is 10.7 Å². The molecule has 49 heavy (non-hydrogen) atoms. The molecule has 4 aromatic carbocycles. The highest BCUT2D eigenvalue weighted by atomic mass is 35.7. The summed E-state index contributed by atoms with van der Waals surface area (Å²) in [7, 11) is -2.29. The van der Waals surface area contributed by atoms with E-state index in [0.29, 0.717) is 16.7 Å². The number of ether oxygens (including phenoxy) is 2. The van der Waals surface area contributed by atoms with Crippen molar-refractivity contribution in [2.24, 2.45) is 0 Å². The predicted molar refractivity (Wildman–Crippen MR) is 183 cm³/mol. The number of hydrogen-bond acceptors (Lipinski definition) is 9. The van der Waals surface area contributed by atoms with E-state index in [4.69, 9.17) is 25.3 Å². The second-order valence-corrected chi connectivity index (χ2v) is 15.4. The Balaban J connectivity index is 0.000000418. The van der Waals surface area contributed by atoms with Crippen LogP contribution in [0.2, 0.25) is 0 Å². The second-order valence-electron chi connectivity index (χ2n) is 10.9. The molecule has 0 spiro atoms. The van der Waals surface area contributed by atoms with Crippen molar-refractivity contribution in [3.8, 4) is 5.75 Å². The van der Waals surface area contributed by atoms with Crippen LogP contribution in [0.3, 0.4) is 0 Å². The highest BCUT2D eigenvalue weighted by Gasteiger charge is 2.31. The summed E-state index contributed by atoms with van der Waals surface area (Å²) in [6, 6.07) is 29.8. The van der Waals surface area contributed by atoms with E-state index in [9.17, 15) is 31.2 Å². The Morgan fingerprint density at radius 1 is 0.816 bits per heavy atom. The molecule has 1 aliphatic rings. The Hall–Kier alpha value is -4.76. The van der Waals surface area contributed by atoms with Gasteiger partial charge < -0.3 is 19.9 Å².